The van der Waals surface area contributed by atoms with Gasteiger partial charge in [0.1, 0.15) is 5.70 Å². The molecule has 172 valence electrons. The van der Waals surface area contributed by atoms with Gasteiger partial charge in [0.15, 0.2) is 0 Å². The van der Waals surface area contributed by atoms with Crippen LogP contribution in [-0.4, -0.2) is 17.7 Å². The summed E-state index contributed by atoms with van der Waals surface area (Å²) in [6.45, 7) is 7.84. The number of para-hydroxylation sites is 1. The average molecular weight is 454 g/mol. The molecule has 3 aromatic rings. The zero-order valence-electron chi connectivity index (χ0n) is 19.7. The number of nitrogens with zero attached hydrogens (tertiary/aromatic N) is 1. The van der Waals surface area contributed by atoms with Crippen LogP contribution >= 0.6 is 0 Å². The van der Waals surface area contributed by atoms with Crippen molar-refractivity contribution in [3.63, 3.8) is 0 Å². The number of carbonyl (C=O) groups excluding carboxylic acids is 3. The highest BCUT2D eigenvalue weighted by atomic mass is 16.2. The van der Waals surface area contributed by atoms with E-state index in [0.717, 1.165) is 0 Å². The molecule has 0 aliphatic carbocycles. The minimum Gasteiger partial charge on any atom is -0.350 e. The van der Waals surface area contributed by atoms with Crippen molar-refractivity contribution in [2.45, 2.75) is 33.1 Å². The Morgan fingerprint density at radius 3 is 1.91 bits per heavy atom. The maximum Gasteiger partial charge on any atom is 0.282 e. The fraction of sp³-hybridized carbons (Fsp3) is 0.179. The van der Waals surface area contributed by atoms with Gasteiger partial charge in [-0.3, -0.25) is 14.4 Å². The van der Waals surface area contributed by atoms with Gasteiger partial charge in [0.05, 0.1) is 11.3 Å². The number of rotatable bonds is 5. The minimum atomic E-state index is -0.419. The van der Waals surface area contributed by atoms with Crippen molar-refractivity contribution < 1.29 is 14.4 Å². The van der Waals surface area contributed by atoms with E-state index in [1.807, 2.05) is 30.3 Å². The Bertz CT molecular complexity index is 1270. The van der Waals surface area contributed by atoms with Crippen LogP contribution in [0.5, 0.6) is 0 Å². The largest absolute Gasteiger partial charge is 0.350 e. The van der Waals surface area contributed by atoms with Crippen LogP contribution in [0.15, 0.2) is 84.6 Å². The van der Waals surface area contributed by atoms with Crippen LogP contribution in [0.2, 0.25) is 0 Å². The minimum absolute atomic E-state index is 0.00185. The quantitative estimate of drug-likeness (QED) is 0.511. The zero-order valence-corrected chi connectivity index (χ0v) is 19.7. The molecule has 0 atom stereocenters. The van der Waals surface area contributed by atoms with Gasteiger partial charge >= 0.3 is 0 Å². The predicted octanol–water partition coefficient (Wildman–Crippen LogP) is 5.34. The number of benzene rings is 3. The lowest BCUT2D eigenvalue weighted by Gasteiger charge is -2.19. The van der Waals surface area contributed by atoms with Gasteiger partial charge in [0.25, 0.3) is 11.8 Å². The van der Waals surface area contributed by atoms with Crippen LogP contribution in [0.4, 0.5) is 17.1 Å². The van der Waals surface area contributed by atoms with Crippen LogP contribution in [-0.2, 0) is 19.8 Å². The van der Waals surface area contributed by atoms with E-state index in [9.17, 15) is 14.4 Å². The van der Waals surface area contributed by atoms with Crippen molar-refractivity contribution in [3.05, 3.63) is 95.7 Å². The molecule has 1 aliphatic heterocycles. The van der Waals surface area contributed by atoms with Crippen molar-refractivity contribution >= 4 is 40.4 Å². The first-order valence-corrected chi connectivity index (χ1v) is 11.1. The Kier molecular flexibility index (Phi) is 6.07. The fourth-order valence-corrected chi connectivity index (χ4v) is 3.85. The summed E-state index contributed by atoms with van der Waals surface area (Å²) >= 11 is 0. The van der Waals surface area contributed by atoms with E-state index >= 15 is 0 Å². The summed E-state index contributed by atoms with van der Waals surface area (Å²) in [6, 6.07) is 23.6. The van der Waals surface area contributed by atoms with Gasteiger partial charge in [-0.1, -0.05) is 63.2 Å². The molecular weight excluding hydrogens is 426 g/mol. The van der Waals surface area contributed by atoms with Crippen molar-refractivity contribution in [2.24, 2.45) is 0 Å². The van der Waals surface area contributed by atoms with E-state index < -0.39 is 11.8 Å². The van der Waals surface area contributed by atoms with E-state index in [1.54, 1.807) is 48.5 Å². The highest BCUT2D eigenvalue weighted by molar-refractivity contribution is 6.46. The molecule has 0 radical (unpaired) electrons. The lowest BCUT2D eigenvalue weighted by Crippen LogP contribution is -2.32. The summed E-state index contributed by atoms with van der Waals surface area (Å²) in [5.41, 5.74) is 4.08. The summed E-state index contributed by atoms with van der Waals surface area (Å²) in [5, 5.41) is 5.91. The van der Waals surface area contributed by atoms with Crippen molar-refractivity contribution in [2.75, 3.05) is 15.5 Å². The number of carbonyl (C=O) groups is 3. The summed E-state index contributed by atoms with van der Waals surface area (Å²) in [4.78, 5) is 39.5. The molecule has 0 bridgehead atoms. The Labute approximate surface area is 199 Å². The third kappa shape index (κ3) is 4.62. The third-order valence-corrected chi connectivity index (χ3v) is 5.61. The smallest absolute Gasteiger partial charge is 0.282 e. The molecule has 0 saturated heterocycles. The topological polar surface area (TPSA) is 78.5 Å². The van der Waals surface area contributed by atoms with Gasteiger partial charge in [-0.2, -0.15) is 0 Å². The molecule has 0 saturated carbocycles. The number of nitrogens with one attached hydrogen (secondary N) is 2. The SMILES string of the molecule is CC(=O)Nc1ccc(C2=C(Nc3ccc(C(C)(C)C)cc3)C(=O)N(c3ccccc3)C2=O)cc1. The molecule has 0 fully saturated rings. The first-order chi connectivity index (χ1) is 16.1. The number of hydrogen-bond acceptors (Lipinski definition) is 4. The lowest BCUT2D eigenvalue weighted by atomic mass is 9.87. The van der Waals surface area contributed by atoms with Crippen molar-refractivity contribution in [3.8, 4) is 0 Å². The van der Waals surface area contributed by atoms with Gasteiger partial charge in [0, 0.05) is 18.3 Å². The molecule has 1 aliphatic rings. The van der Waals surface area contributed by atoms with E-state index in [0.29, 0.717) is 22.6 Å². The maximum absolute atomic E-state index is 13.5. The fourth-order valence-electron chi connectivity index (χ4n) is 3.85. The van der Waals surface area contributed by atoms with Crippen molar-refractivity contribution in [1.82, 2.24) is 0 Å². The maximum atomic E-state index is 13.5. The van der Waals surface area contributed by atoms with Crippen LogP contribution in [0.25, 0.3) is 5.57 Å². The predicted molar refractivity (Wildman–Crippen MR) is 135 cm³/mol. The monoisotopic (exact) mass is 453 g/mol. The summed E-state index contributed by atoms with van der Waals surface area (Å²) in [6.07, 6.45) is 0. The van der Waals surface area contributed by atoms with Crippen LogP contribution < -0.4 is 15.5 Å². The second-order valence-corrected chi connectivity index (χ2v) is 9.24. The zero-order chi connectivity index (χ0) is 24.5. The van der Waals surface area contributed by atoms with Gasteiger partial charge in [-0.25, -0.2) is 4.90 Å². The molecule has 1 heterocycles. The summed E-state index contributed by atoms with van der Waals surface area (Å²) in [5.74, 6) is -1.01. The second-order valence-electron chi connectivity index (χ2n) is 9.24. The van der Waals surface area contributed by atoms with Crippen LogP contribution in [0.3, 0.4) is 0 Å². The molecule has 4 rings (SSSR count). The third-order valence-electron chi connectivity index (χ3n) is 5.61. The summed E-state index contributed by atoms with van der Waals surface area (Å²) in [7, 11) is 0. The average Bonchev–Trinajstić information content (AvgIpc) is 3.03. The second kappa shape index (κ2) is 8.98. The van der Waals surface area contributed by atoms with Gasteiger partial charge in [-0.15, -0.1) is 0 Å². The van der Waals surface area contributed by atoms with Gasteiger partial charge < -0.3 is 10.6 Å². The molecule has 6 heteroatoms. The van der Waals surface area contributed by atoms with Crippen LogP contribution in [0.1, 0.15) is 38.8 Å². The van der Waals surface area contributed by atoms with Crippen LogP contribution in [0, 0.1) is 0 Å². The molecule has 2 N–H and O–H groups in total. The molecule has 0 spiro atoms. The number of hydrogen-bond donors (Lipinski definition) is 2. The Balaban J connectivity index is 1.75. The van der Waals surface area contributed by atoms with E-state index in [-0.39, 0.29) is 22.6 Å². The molecular formula is C28H27N3O3. The lowest BCUT2D eigenvalue weighted by molar-refractivity contribution is -0.120. The van der Waals surface area contributed by atoms with E-state index in [2.05, 4.69) is 31.4 Å². The highest BCUT2D eigenvalue weighted by Gasteiger charge is 2.40. The molecule has 6 nitrogen and oxygen atoms in total. The standard InChI is InChI=1S/C28H27N3O3/c1-18(32)29-21-14-10-19(11-15-21)24-25(30-22-16-12-20(13-17-22)28(2,3)4)27(34)31(26(24)33)23-8-6-5-7-9-23/h5-17,30H,1-4H3,(H,29,32). The number of imide groups is 1. The Hall–Kier alpha value is -4.19. The molecule has 0 unspecified atom stereocenters. The number of anilines is 3. The van der Waals surface area contributed by atoms with E-state index in [1.165, 1.54) is 17.4 Å². The van der Waals surface area contributed by atoms with Gasteiger partial charge in [-0.05, 0) is 52.9 Å². The highest BCUT2D eigenvalue weighted by Crippen LogP contribution is 2.34. The number of amides is 3. The molecule has 0 aromatic heterocycles. The van der Waals surface area contributed by atoms with E-state index in [4.69, 9.17) is 0 Å². The molecule has 3 aromatic carbocycles. The Morgan fingerprint density at radius 2 is 1.35 bits per heavy atom. The normalized spacial score (nSPS) is 13.9. The van der Waals surface area contributed by atoms with Crippen molar-refractivity contribution in [1.29, 1.82) is 0 Å². The molecule has 3 amide bonds. The summed E-state index contributed by atoms with van der Waals surface area (Å²) < 4.78 is 0. The van der Waals surface area contributed by atoms with Gasteiger partial charge in [0.2, 0.25) is 5.91 Å². The first kappa shape index (κ1) is 23.0. The Morgan fingerprint density at radius 1 is 0.765 bits per heavy atom. The molecule has 34 heavy (non-hydrogen) atoms. The first-order valence-electron chi connectivity index (χ1n) is 11.1.